The van der Waals surface area contributed by atoms with Crippen LogP contribution >= 0.6 is 0 Å². The zero-order chi connectivity index (χ0) is 15.4. The van der Waals surface area contributed by atoms with E-state index in [0.717, 1.165) is 12.4 Å². The predicted molar refractivity (Wildman–Crippen MR) is 76.9 cm³/mol. The molecule has 0 radical (unpaired) electrons. The second-order valence-corrected chi connectivity index (χ2v) is 4.73. The van der Waals surface area contributed by atoms with Gasteiger partial charge in [-0.15, -0.1) is 0 Å². The van der Waals surface area contributed by atoms with Crippen LogP contribution in [0.4, 0.5) is 5.69 Å². The molecule has 0 saturated carbocycles. The molecule has 21 heavy (non-hydrogen) atoms. The summed E-state index contributed by atoms with van der Waals surface area (Å²) in [6, 6.07) is 0. The fourth-order valence-corrected chi connectivity index (χ4v) is 2.14. The molecule has 2 aromatic heterocycles. The second-order valence-electron chi connectivity index (χ2n) is 4.73. The smallest absolute Gasteiger partial charge is 0.278 e. The Kier molecular flexibility index (Phi) is 4.59. The van der Waals surface area contributed by atoms with Crippen molar-refractivity contribution in [2.45, 2.75) is 33.9 Å². The van der Waals surface area contributed by atoms with E-state index in [1.54, 1.807) is 18.5 Å². The van der Waals surface area contributed by atoms with Gasteiger partial charge in [-0.05, 0) is 20.4 Å². The summed E-state index contributed by atoms with van der Waals surface area (Å²) in [6.07, 6.45) is 3.01. The van der Waals surface area contributed by atoms with Crippen LogP contribution in [0.25, 0.3) is 0 Å². The Hall–Kier alpha value is -2.35. The maximum atomic E-state index is 11.1. The summed E-state index contributed by atoms with van der Waals surface area (Å²) in [4.78, 5) is 19.3. The number of nitro groups is 1. The molecule has 0 amide bonds. The summed E-state index contributed by atoms with van der Waals surface area (Å²) in [5.74, 6) is 0.779. The maximum absolute atomic E-state index is 11.1. The van der Waals surface area contributed by atoms with Gasteiger partial charge in [0, 0.05) is 11.8 Å². The van der Waals surface area contributed by atoms with Crippen LogP contribution in [0.2, 0.25) is 0 Å². The van der Waals surface area contributed by atoms with E-state index in [4.69, 9.17) is 0 Å². The molecule has 0 fully saturated rings. The van der Waals surface area contributed by atoms with E-state index in [1.807, 2.05) is 6.92 Å². The van der Waals surface area contributed by atoms with Gasteiger partial charge in [-0.3, -0.25) is 15.1 Å². The number of nitrogens with one attached hydrogen (secondary N) is 1. The minimum atomic E-state index is -0.364. The molecule has 0 aliphatic rings. The minimum Gasteiger partial charge on any atom is -0.310 e. The van der Waals surface area contributed by atoms with Crippen LogP contribution in [0.15, 0.2) is 12.5 Å². The van der Waals surface area contributed by atoms with Crippen molar-refractivity contribution in [3.05, 3.63) is 45.3 Å². The number of aryl methyl sites for hydroxylation is 1. The largest absolute Gasteiger partial charge is 0.310 e. The van der Waals surface area contributed by atoms with Gasteiger partial charge in [0.1, 0.15) is 12.2 Å². The molecule has 0 saturated heterocycles. The van der Waals surface area contributed by atoms with E-state index in [2.05, 4.69) is 20.4 Å². The van der Waals surface area contributed by atoms with Crippen molar-refractivity contribution in [3.63, 3.8) is 0 Å². The quantitative estimate of drug-likeness (QED) is 0.637. The number of hydrogen-bond donors (Lipinski definition) is 1. The highest BCUT2D eigenvalue weighted by Gasteiger charge is 2.19. The normalized spacial score (nSPS) is 10.8. The van der Waals surface area contributed by atoms with Crippen molar-refractivity contribution in [1.82, 2.24) is 25.1 Å². The summed E-state index contributed by atoms with van der Waals surface area (Å²) < 4.78 is 1.71. The average molecular weight is 290 g/mol. The lowest BCUT2D eigenvalue weighted by Crippen LogP contribution is -2.18. The van der Waals surface area contributed by atoms with E-state index < -0.39 is 0 Å². The van der Waals surface area contributed by atoms with Crippen LogP contribution in [0.3, 0.4) is 0 Å². The van der Waals surface area contributed by atoms with E-state index in [0.29, 0.717) is 29.9 Å². The van der Waals surface area contributed by atoms with Gasteiger partial charge in [-0.25, -0.2) is 9.67 Å². The van der Waals surface area contributed by atoms with Gasteiger partial charge in [0.05, 0.1) is 29.3 Å². The van der Waals surface area contributed by atoms with Crippen LogP contribution in [0.1, 0.15) is 29.6 Å². The zero-order valence-corrected chi connectivity index (χ0v) is 12.3. The van der Waals surface area contributed by atoms with Crippen molar-refractivity contribution in [2.75, 3.05) is 6.54 Å². The minimum absolute atomic E-state index is 0.119. The lowest BCUT2D eigenvalue weighted by molar-refractivity contribution is -0.386. The van der Waals surface area contributed by atoms with Crippen LogP contribution in [0, 0.1) is 24.0 Å². The summed E-state index contributed by atoms with van der Waals surface area (Å²) in [6.45, 7) is 7.22. The van der Waals surface area contributed by atoms with Gasteiger partial charge in [0.25, 0.3) is 5.69 Å². The molecule has 0 aliphatic carbocycles. The number of rotatable bonds is 6. The molecular formula is C13H18N6O2. The first kappa shape index (κ1) is 15.0. The Morgan fingerprint density at radius 3 is 2.81 bits per heavy atom. The third-order valence-corrected chi connectivity index (χ3v) is 3.29. The van der Waals surface area contributed by atoms with Crippen LogP contribution in [-0.2, 0) is 13.1 Å². The van der Waals surface area contributed by atoms with Crippen LogP contribution in [-0.4, -0.2) is 31.2 Å². The molecule has 0 spiro atoms. The molecule has 0 atom stereocenters. The molecule has 8 heteroatoms. The summed E-state index contributed by atoms with van der Waals surface area (Å²) >= 11 is 0. The molecule has 0 aliphatic heterocycles. The highest BCUT2D eigenvalue weighted by molar-refractivity contribution is 5.47. The van der Waals surface area contributed by atoms with Gasteiger partial charge < -0.3 is 5.32 Å². The summed E-state index contributed by atoms with van der Waals surface area (Å²) in [7, 11) is 0. The summed E-state index contributed by atoms with van der Waals surface area (Å²) in [5.41, 5.74) is 1.89. The number of pyridine rings is 1. The Bertz CT molecular complexity index is 652. The lowest BCUT2D eigenvalue weighted by atomic mass is 10.1. The molecule has 0 bridgehead atoms. The molecule has 2 heterocycles. The van der Waals surface area contributed by atoms with Gasteiger partial charge in [0.2, 0.25) is 0 Å². The van der Waals surface area contributed by atoms with Crippen molar-refractivity contribution >= 4 is 5.69 Å². The summed E-state index contributed by atoms with van der Waals surface area (Å²) in [5, 5.41) is 18.5. The van der Waals surface area contributed by atoms with E-state index in [1.165, 1.54) is 12.5 Å². The lowest BCUT2D eigenvalue weighted by Gasteiger charge is -2.09. The van der Waals surface area contributed by atoms with E-state index in [-0.39, 0.29) is 10.6 Å². The van der Waals surface area contributed by atoms with Crippen molar-refractivity contribution in [2.24, 2.45) is 0 Å². The van der Waals surface area contributed by atoms with Crippen molar-refractivity contribution in [1.29, 1.82) is 0 Å². The number of aromatic nitrogens is 4. The monoisotopic (exact) mass is 290 g/mol. The first-order valence-corrected chi connectivity index (χ1v) is 6.71. The van der Waals surface area contributed by atoms with Crippen LogP contribution in [0.5, 0.6) is 0 Å². The molecule has 8 nitrogen and oxygen atoms in total. The highest BCUT2D eigenvalue weighted by Crippen LogP contribution is 2.24. The maximum Gasteiger partial charge on any atom is 0.278 e. The molecular weight excluding hydrogens is 272 g/mol. The third kappa shape index (κ3) is 3.22. The first-order valence-electron chi connectivity index (χ1n) is 6.71. The molecule has 2 aromatic rings. The zero-order valence-electron chi connectivity index (χ0n) is 12.3. The fourth-order valence-electron chi connectivity index (χ4n) is 2.14. The number of nitrogens with zero attached hydrogens (tertiary/aromatic N) is 5. The van der Waals surface area contributed by atoms with Gasteiger partial charge in [-0.2, -0.15) is 5.10 Å². The predicted octanol–water partition coefficient (Wildman–Crippen LogP) is 1.36. The van der Waals surface area contributed by atoms with E-state index >= 15 is 0 Å². The first-order chi connectivity index (χ1) is 10.0. The Labute approximate surface area is 122 Å². The molecule has 0 aromatic carbocycles. The van der Waals surface area contributed by atoms with Crippen LogP contribution < -0.4 is 5.32 Å². The SMILES string of the molecule is CCNCc1ncnn1Cc1ncc(C)c([N+](=O)[O-])c1C. The second kappa shape index (κ2) is 6.40. The highest BCUT2D eigenvalue weighted by atomic mass is 16.6. The standard InChI is InChI=1S/C13H18N6O2/c1-4-14-6-12-16-8-17-18(12)7-11-10(3)13(19(20)21)9(2)5-15-11/h5,8,14H,4,6-7H2,1-3H3. The van der Waals surface area contributed by atoms with Gasteiger partial charge in [0.15, 0.2) is 0 Å². The Balaban J connectivity index is 2.30. The molecule has 2 rings (SSSR count). The third-order valence-electron chi connectivity index (χ3n) is 3.29. The Morgan fingerprint density at radius 1 is 1.38 bits per heavy atom. The van der Waals surface area contributed by atoms with Gasteiger partial charge in [-0.1, -0.05) is 6.92 Å². The molecule has 112 valence electrons. The number of hydrogen-bond acceptors (Lipinski definition) is 6. The van der Waals surface area contributed by atoms with Crippen molar-refractivity contribution in [3.8, 4) is 0 Å². The molecule has 1 N–H and O–H groups in total. The topological polar surface area (TPSA) is 98.8 Å². The fraction of sp³-hybridized carbons (Fsp3) is 0.462. The average Bonchev–Trinajstić information content (AvgIpc) is 2.86. The Morgan fingerprint density at radius 2 is 2.14 bits per heavy atom. The van der Waals surface area contributed by atoms with Gasteiger partial charge >= 0.3 is 0 Å². The molecule has 0 unspecified atom stereocenters. The van der Waals surface area contributed by atoms with Crippen molar-refractivity contribution < 1.29 is 4.92 Å². The van der Waals surface area contributed by atoms with E-state index in [9.17, 15) is 10.1 Å².